The van der Waals surface area contributed by atoms with Gasteiger partial charge in [0, 0.05) is 19.1 Å². The molecule has 108 valence electrons. The molecule has 3 heterocycles. The van der Waals surface area contributed by atoms with E-state index in [1.807, 2.05) is 13.8 Å². The molecule has 0 aromatic carbocycles. The molecule has 3 aliphatic heterocycles. The fraction of sp³-hybridized carbons (Fsp3) is 0.909. The molecular weight excluding hydrogens is 270 g/mol. The highest BCUT2D eigenvalue weighted by molar-refractivity contribution is 7.90. The van der Waals surface area contributed by atoms with Gasteiger partial charge in [-0.2, -0.15) is 0 Å². The average Bonchev–Trinajstić information content (AvgIpc) is 2.69. The molecule has 1 spiro atoms. The fourth-order valence-electron chi connectivity index (χ4n) is 3.23. The number of hydrogen-bond acceptors (Lipinski definition) is 4. The van der Waals surface area contributed by atoms with Gasteiger partial charge in [0.15, 0.2) is 0 Å². The van der Waals surface area contributed by atoms with Gasteiger partial charge >= 0.3 is 6.03 Å². The van der Waals surface area contributed by atoms with Gasteiger partial charge in [-0.3, -0.25) is 0 Å². The van der Waals surface area contributed by atoms with Crippen LogP contribution in [0.5, 0.6) is 0 Å². The molecule has 0 aliphatic carbocycles. The summed E-state index contributed by atoms with van der Waals surface area (Å²) in [6.45, 7) is 4.86. The van der Waals surface area contributed by atoms with Crippen molar-refractivity contribution in [2.45, 2.75) is 43.3 Å². The Labute approximate surface area is 112 Å². The Morgan fingerprint density at radius 3 is 2.95 bits per heavy atom. The normalized spacial score (nSPS) is 39.4. The maximum atomic E-state index is 12.1. The molecule has 3 aliphatic rings. The Morgan fingerprint density at radius 1 is 1.53 bits per heavy atom. The fourth-order valence-corrected chi connectivity index (χ4v) is 5.12. The third kappa shape index (κ3) is 2.02. The minimum atomic E-state index is -3.29. The van der Waals surface area contributed by atoms with E-state index < -0.39 is 20.9 Å². The van der Waals surface area contributed by atoms with Crippen molar-refractivity contribution in [2.75, 3.05) is 19.6 Å². The second kappa shape index (κ2) is 4.07. The number of nitrogens with one attached hydrogen (secondary N) is 2. The summed E-state index contributed by atoms with van der Waals surface area (Å²) in [4.78, 5) is 13.7. The number of rotatable bonds is 1. The van der Waals surface area contributed by atoms with Crippen molar-refractivity contribution < 1.29 is 17.9 Å². The van der Waals surface area contributed by atoms with Crippen molar-refractivity contribution in [3.63, 3.8) is 0 Å². The van der Waals surface area contributed by atoms with Gasteiger partial charge in [0.1, 0.15) is 10.9 Å². The van der Waals surface area contributed by atoms with Crippen LogP contribution in [0, 0.1) is 0 Å². The van der Waals surface area contributed by atoms with Crippen molar-refractivity contribution in [1.29, 1.82) is 0 Å². The highest BCUT2D eigenvalue weighted by Crippen LogP contribution is 2.42. The Balaban J connectivity index is 1.81. The summed E-state index contributed by atoms with van der Waals surface area (Å²) in [5, 5.41) is 2.31. The van der Waals surface area contributed by atoms with Crippen LogP contribution in [0.3, 0.4) is 0 Å². The van der Waals surface area contributed by atoms with Crippen LogP contribution in [0.2, 0.25) is 0 Å². The molecule has 3 saturated heterocycles. The summed E-state index contributed by atoms with van der Waals surface area (Å²) >= 11 is 0. The molecule has 0 aromatic heterocycles. The lowest BCUT2D eigenvalue weighted by atomic mass is 10.00. The summed E-state index contributed by atoms with van der Waals surface area (Å²) in [5.74, 6) is 0. The molecule has 0 unspecified atom stereocenters. The highest BCUT2D eigenvalue weighted by Gasteiger charge is 2.62. The van der Waals surface area contributed by atoms with Crippen molar-refractivity contribution >= 4 is 16.1 Å². The van der Waals surface area contributed by atoms with E-state index in [1.54, 1.807) is 4.90 Å². The number of sulfonamides is 1. The number of hydrogen-bond donors (Lipinski definition) is 2. The van der Waals surface area contributed by atoms with Crippen LogP contribution in [-0.2, 0) is 14.8 Å². The van der Waals surface area contributed by atoms with E-state index >= 15 is 0 Å². The Kier molecular flexibility index (Phi) is 2.81. The quantitative estimate of drug-likeness (QED) is 0.665. The van der Waals surface area contributed by atoms with Gasteiger partial charge in [-0.15, -0.1) is 0 Å². The molecule has 2 N–H and O–H groups in total. The van der Waals surface area contributed by atoms with Crippen LogP contribution in [0.4, 0.5) is 4.79 Å². The molecule has 3 rings (SSSR count). The number of ether oxygens (including phenoxy) is 1. The second-order valence-electron chi connectivity index (χ2n) is 5.88. The van der Waals surface area contributed by atoms with Crippen LogP contribution < -0.4 is 10.0 Å². The lowest BCUT2D eigenvalue weighted by molar-refractivity contribution is -0.0882. The number of carbonyl (C=O) groups is 1. The molecule has 3 atom stereocenters. The van der Waals surface area contributed by atoms with Gasteiger partial charge in [-0.25, -0.2) is 17.9 Å². The lowest BCUT2D eigenvalue weighted by Gasteiger charge is -2.39. The minimum Gasteiger partial charge on any atom is -0.365 e. The Hall–Kier alpha value is -0.860. The van der Waals surface area contributed by atoms with Gasteiger partial charge in [0.2, 0.25) is 10.0 Å². The molecule has 7 nitrogen and oxygen atoms in total. The summed E-state index contributed by atoms with van der Waals surface area (Å²) in [6, 6.07) is -0.0839. The SMILES string of the molecule is CC(C)NC(=O)N1C[C@@H]2C[C@@H]3[C@](CNS3(=O)=O)(C1)O2. The third-order valence-corrected chi connectivity index (χ3v) is 5.91. The van der Waals surface area contributed by atoms with Crippen molar-refractivity contribution in [3.8, 4) is 0 Å². The maximum absolute atomic E-state index is 12.1. The van der Waals surface area contributed by atoms with Crippen molar-refractivity contribution in [2.24, 2.45) is 0 Å². The van der Waals surface area contributed by atoms with Crippen LogP contribution in [-0.4, -0.2) is 62.0 Å². The number of fused-ring (bicyclic) bond motifs is 1. The van der Waals surface area contributed by atoms with E-state index in [9.17, 15) is 13.2 Å². The number of likely N-dealkylation sites (tertiary alicyclic amines) is 1. The van der Waals surface area contributed by atoms with Crippen LogP contribution in [0.25, 0.3) is 0 Å². The van der Waals surface area contributed by atoms with Gasteiger partial charge in [0.25, 0.3) is 0 Å². The van der Waals surface area contributed by atoms with Crippen molar-refractivity contribution in [3.05, 3.63) is 0 Å². The first kappa shape index (κ1) is 13.1. The van der Waals surface area contributed by atoms with Crippen LogP contribution in [0.15, 0.2) is 0 Å². The largest absolute Gasteiger partial charge is 0.365 e. The molecule has 0 aromatic rings. The van der Waals surface area contributed by atoms with E-state index in [2.05, 4.69) is 10.0 Å². The van der Waals surface area contributed by atoms with Gasteiger partial charge in [0.05, 0.1) is 12.6 Å². The minimum absolute atomic E-state index is 0.0618. The summed E-state index contributed by atoms with van der Waals surface area (Å²) in [6.07, 6.45) is 0.300. The van der Waals surface area contributed by atoms with Crippen molar-refractivity contribution in [1.82, 2.24) is 14.9 Å². The van der Waals surface area contributed by atoms with Gasteiger partial charge < -0.3 is 15.0 Å². The van der Waals surface area contributed by atoms with E-state index in [0.717, 1.165) is 0 Å². The van der Waals surface area contributed by atoms with Gasteiger partial charge in [-0.1, -0.05) is 0 Å². The standard InChI is InChI=1S/C11H19N3O4S/c1-7(2)13-10(15)14-4-8-3-9-11(6-14,18-8)5-12-19(9,16)17/h7-9,12H,3-6H2,1-2H3,(H,13,15)/t8-,9+,11-/m0/s1. The second-order valence-corrected chi connectivity index (χ2v) is 7.83. The molecule has 0 radical (unpaired) electrons. The van der Waals surface area contributed by atoms with E-state index in [-0.39, 0.29) is 24.7 Å². The summed E-state index contributed by atoms with van der Waals surface area (Å²) < 4.78 is 32.2. The van der Waals surface area contributed by atoms with E-state index in [0.29, 0.717) is 19.5 Å². The first-order valence-electron chi connectivity index (χ1n) is 6.54. The van der Waals surface area contributed by atoms with E-state index in [4.69, 9.17) is 4.74 Å². The maximum Gasteiger partial charge on any atom is 0.317 e. The summed E-state index contributed by atoms with van der Waals surface area (Å²) in [5.41, 5.74) is -0.754. The Bertz CT molecular complexity index is 506. The number of nitrogens with zero attached hydrogens (tertiary/aromatic N) is 1. The van der Waals surface area contributed by atoms with Crippen LogP contribution in [0.1, 0.15) is 20.3 Å². The number of morpholine rings is 1. The third-order valence-electron chi connectivity index (χ3n) is 3.99. The molecule has 19 heavy (non-hydrogen) atoms. The lowest BCUT2D eigenvalue weighted by Crippen LogP contribution is -2.58. The Morgan fingerprint density at radius 2 is 2.26 bits per heavy atom. The molecular formula is C11H19N3O4S. The zero-order valence-corrected chi connectivity index (χ0v) is 11.9. The molecule has 2 amide bonds. The number of carbonyl (C=O) groups excluding carboxylic acids is 1. The van der Waals surface area contributed by atoms with Gasteiger partial charge in [-0.05, 0) is 20.3 Å². The van der Waals surface area contributed by atoms with E-state index in [1.165, 1.54) is 0 Å². The smallest absolute Gasteiger partial charge is 0.317 e. The average molecular weight is 289 g/mol. The molecule has 0 saturated carbocycles. The summed E-state index contributed by atoms with van der Waals surface area (Å²) in [7, 11) is -3.29. The molecule has 2 bridgehead atoms. The first-order chi connectivity index (χ1) is 8.82. The predicted octanol–water partition coefficient (Wildman–Crippen LogP) is -0.751. The monoisotopic (exact) mass is 289 g/mol. The number of amides is 2. The predicted molar refractivity (Wildman–Crippen MR) is 68.2 cm³/mol. The number of urea groups is 1. The highest BCUT2D eigenvalue weighted by atomic mass is 32.2. The topological polar surface area (TPSA) is 87.7 Å². The zero-order chi connectivity index (χ0) is 13.8. The molecule has 3 fully saturated rings. The molecule has 8 heteroatoms. The zero-order valence-electron chi connectivity index (χ0n) is 11.0. The first-order valence-corrected chi connectivity index (χ1v) is 8.09. The van der Waals surface area contributed by atoms with Crippen LogP contribution >= 0.6 is 0 Å².